The van der Waals surface area contributed by atoms with Gasteiger partial charge in [-0.1, -0.05) is 6.92 Å². The summed E-state index contributed by atoms with van der Waals surface area (Å²) in [4.78, 5) is 12.2. The van der Waals surface area contributed by atoms with Crippen LogP contribution in [0.3, 0.4) is 0 Å². The zero-order valence-corrected chi connectivity index (χ0v) is 13.7. The fourth-order valence-electron chi connectivity index (χ4n) is 1.95. The second kappa shape index (κ2) is 6.62. The average molecular weight is 288 g/mol. The number of hydrogen-bond acceptors (Lipinski definition) is 3. The van der Waals surface area contributed by atoms with Crippen molar-refractivity contribution in [2.75, 3.05) is 0 Å². The lowest BCUT2D eigenvalue weighted by Crippen LogP contribution is -2.48. The highest BCUT2D eigenvalue weighted by Crippen LogP contribution is 2.25. The molecule has 1 aromatic carbocycles. The van der Waals surface area contributed by atoms with Crippen molar-refractivity contribution in [2.24, 2.45) is 0 Å². The van der Waals surface area contributed by atoms with Crippen LogP contribution in [0.4, 0.5) is 0 Å². The minimum Gasteiger partial charge on any atom is -0.480 e. The van der Waals surface area contributed by atoms with Gasteiger partial charge in [0.1, 0.15) is 5.75 Å². The Morgan fingerprint density at radius 1 is 1.38 bits per heavy atom. The summed E-state index contributed by atoms with van der Waals surface area (Å²) in [6.07, 6.45) is 0.265. The zero-order chi connectivity index (χ0) is 16.2. The maximum absolute atomic E-state index is 12.2. The lowest BCUT2D eigenvalue weighted by molar-refractivity contribution is -0.129. The van der Waals surface area contributed by atoms with Crippen LogP contribution in [0.15, 0.2) is 12.1 Å². The van der Waals surface area contributed by atoms with Gasteiger partial charge in [-0.2, -0.15) is 5.26 Å². The summed E-state index contributed by atoms with van der Waals surface area (Å²) in [5, 5.41) is 11.9. The van der Waals surface area contributed by atoms with Gasteiger partial charge in [-0.15, -0.1) is 0 Å². The monoisotopic (exact) mass is 288 g/mol. The second-order valence-electron chi connectivity index (χ2n) is 6.04. The maximum Gasteiger partial charge on any atom is 0.261 e. The van der Waals surface area contributed by atoms with Crippen LogP contribution in [0.5, 0.6) is 5.75 Å². The van der Waals surface area contributed by atoms with E-state index in [1.165, 1.54) is 0 Å². The Bertz CT molecular complexity index is 548. The number of ether oxygens (including phenoxy) is 1. The number of aryl methyl sites for hydroxylation is 2. The normalized spacial score (nSPS) is 12.4. The smallest absolute Gasteiger partial charge is 0.261 e. The SMILES string of the molecule is CCC(C)(C)NC(=O)C(C)Oc1c(C)cc(C#N)cc1C. The summed E-state index contributed by atoms with van der Waals surface area (Å²) in [6.45, 7) is 11.5. The number of nitriles is 1. The summed E-state index contributed by atoms with van der Waals surface area (Å²) >= 11 is 0. The van der Waals surface area contributed by atoms with Crippen molar-refractivity contribution in [1.29, 1.82) is 5.26 Å². The first-order valence-corrected chi connectivity index (χ1v) is 7.20. The molecule has 1 rings (SSSR count). The number of hydrogen-bond donors (Lipinski definition) is 1. The van der Waals surface area contributed by atoms with E-state index in [0.29, 0.717) is 11.3 Å². The molecule has 0 aliphatic carbocycles. The third-order valence-corrected chi connectivity index (χ3v) is 3.60. The zero-order valence-electron chi connectivity index (χ0n) is 13.7. The van der Waals surface area contributed by atoms with Gasteiger partial charge in [0.25, 0.3) is 5.91 Å². The summed E-state index contributed by atoms with van der Waals surface area (Å²) in [7, 11) is 0. The molecule has 1 unspecified atom stereocenters. The van der Waals surface area contributed by atoms with Crippen molar-refractivity contribution in [3.8, 4) is 11.8 Å². The Kier molecular flexibility index (Phi) is 5.37. The number of carbonyl (C=O) groups is 1. The van der Waals surface area contributed by atoms with Gasteiger partial charge >= 0.3 is 0 Å². The van der Waals surface area contributed by atoms with Gasteiger partial charge in [-0.05, 0) is 64.3 Å². The van der Waals surface area contributed by atoms with E-state index >= 15 is 0 Å². The fourth-order valence-corrected chi connectivity index (χ4v) is 1.95. The summed E-state index contributed by atoms with van der Waals surface area (Å²) in [6, 6.07) is 5.65. The molecule has 4 heteroatoms. The standard InChI is InChI=1S/C17H24N2O2/c1-7-17(5,6)19-16(20)13(4)21-15-11(2)8-14(10-18)9-12(15)3/h8-9,13H,7H2,1-6H3,(H,19,20). The summed E-state index contributed by atoms with van der Waals surface area (Å²) in [5.74, 6) is 0.538. The molecule has 0 spiro atoms. The highest BCUT2D eigenvalue weighted by Gasteiger charge is 2.23. The molecule has 0 aromatic heterocycles. The van der Waals surface area contributed by atoms with E-state index in [0.717, 1.165) is 17.5 Å². The van der Waals surface area contributed by atoms with Crippen molar-refractivity contribution in [3.05, 3.63) is 28.8 Å². The molecule has 1 atom stereocenters. The van der Waals surface area contributed by atoms with Crippen LogP contribution in [0.1, 0.15) is 50.8 Å². The number of nitrogens with one attached hydrogen (secondary N) is 1. The molecular weight excluding hydrogens is 264 g/mol. The molecule has 1 aromatic rings. The fraction of sp³-hybridized carbons (Fsp3) is 0.529. The van der Waals surface area contributed by atoms with Crippen molar-refractivity contribution < 1.29 is 9.53 Å². The topological polar surface area (TPSA) is 62.1 Å². The van der Waals surface area contributed by atoms with Crippen LogP contribution in [-0.4, -0.2) is 17.6 Å². The van der Waals surface area contributed by atoms with Crippen LogP contribution < -0.4 is 10.1 Å². The van der Waals surface area contributed by atoms with E-state index in [-0.39, 0.29) is 11.4 Å². The quantitative estimate of drug-likeness (QED) is 0.904. The lowest BCUT2D eigenvalue weighted by Gasteiger charge is -2.27. The van der Waals surface area contributed by atoms with Crippen LogP contribution in [0.25, 0.3) is 0 Å². The molecule has 0 saturated carbocycles. The molecule has 21 heavy (non-hydrogen) atoms. The summed E-state index contributed by atoms with van der Waals surface area (Å²) in [5.41, 5.74) is 2.08. The number of nitrogens with zero attached hydrogens (tertiary/aromatic N) is 1. The van der Waals surface area contributed by atoms with E-state index in [4.69, 9.17) is 10.00 Å². The van der Waals surface area contributed by atoms with Gasteiger partial charge in [0.05, 0.1) is 11.6 Å². The molecule has 114 valence electrons. The first-order valence-electron chi connectivity index (χ1n) is 7.20. The van der Waals surface area contributed by atoms with Gasteiger partial charge in [0, 0.05) is 5.54 Å². The van der Waals surface area contributed by atoms with Gasteiger partial charge < -0.3 is 10.1 Å². The molecule has 1 amide bonds. The highest BCUT2D eigenvalue weighted by atomic mass is 16.5. The average Bonchev–Trinajstić information content (AvgIpc) is 2.41. The number of rotatable bonds is 5. The Morgan fingerprint density at radius 3 is 2.33 bits per heavy atom. The molecule has 0 heterocycles. The van der Waals surface area contributed by atoms with E-state index in [1.54, 1.807) is 19.1 Å². The Hall–Kier alpha value is -2.02. The van der Waals surface area contributed by atoms with Gasteiger partial charge in [-0.25, -0.2) is 0 Å². The van der Waals surface area contributed by atoms with E-state index in [1.807, 2.05) is 34.6 Å². The van der Waals surface area contributed by atoms with Gasteiger partial charge in [0.15, 0.2) is 6.10 Å². The van der Waals surface area contributed by atoms with Gasteiger partial charge in [0.2, 0.25) is 0 Å². The predicted octanol–water partition coefficient (Wildman–Crippen LogP) is 3.25. The Labute approximate surface area is 127 Å². The number of amides is 1. The van der Waals surface area contributed by atoms with Crippen LogP contribution in [0, 0.1) is 25.2 Å². The van der Waals surface area contributed by atoms with E-state index in [9.17, 15) is 4.79 Å². The molecule has 0 saturated heterocycles. The Balaban J connectivity index is 2.87. The van der Waals surface area contributed by atoms with E-state index < -0.39 is 6.10 Å². The molecule has 0 radical (unpaired) electrons. The van der Waals surface area contributed by atoms with Crippen LogP contribution in [-0.2, 0) is 4.79 Å². The second-order valence-corrected chi connectivity index (χ2v) is 6.04. The molecule has 0 fully saturated rings. The molecule has 0 aliphatic rings. The van der Waals surface area contributed by atoms with Crippen molar-refractivity contribution in [3.63, 3.8) is 0 Å². The molecule has 0 aliphatic heterocycles. The molecular formula is C17H24N2O2. The largest absolute Gasteiger partial charge is 0.480 e. The summed E-state index contributed by atoms with van der Waals surface area (Å²) < 4.78 is 5.81. The predicted molar refractivity (Wildman–Crippen MR) is 83.2 cm³/mol. The van der Waals surface area contributed by atoms with Crippen molar-refractivity contribution in [1.82, 2.24) is 5.32 Å². The molecule has 4 nitrogen and oxygen atoms in total. The van der Waals surface area contributed by atoms with Crippen molar-refractivity contribution in [2.45, 2.75) is 59.6 Å². The van der Waals surface area contributed by atoms with Gasteiger partial charge in [-0.3, -0.25) is 4.79 Å². The third kappa shape index (κ3) is 4.49. The van der Waals surface area contributed by atoms with Crippen LogP contribution in [0.2, 0.25) is 0 Å². The number of benzene rings is 1. The minimum absolute atomic E-state index is 0.134. The number of carbonyl (C=O) groups excluding carboxylic acids is 1. The molecule has 1 N–H and O–H groups in total. The maximum atomic E-state index is 12.2. The molecule has 0 bridgehead atoms. The van der Waals surface area contributed by atoms with E-state index in [2.05, 4.69) is 11.4 Å². The van der Waals surface area contributed by atoms with Crippen molar-refractivity contribution >= 4 is 5.91 Å². The first-order chi connectivity index (χ1) is 9.70. The highest BCUT2D eigenvalue weighted by molar-refractivity contribution is 5.81. The minimum atomic E-state index is -0.582. The first kappa shape index (κ1) is 17.0. The Morgan fingerprint density at radius 2 is 1.90 bits per heavy atom. The van der Waals surface area contributed by atoms with Crippen LogP contribution >= 0.6 is 0 Å². The third-order valence-electron chi connectivity index (χ3n) is 3.60. The lowest BCUT2D eigenvalue weighted by atomic mass is 10.0.